The maximum absolute atomic E-state index is 12.9. The molecule has 3 rings (SSSR count). The van der Waals surface area contributed by atoms with E-state index in [-0.39, 0.29) is 28.6 Å². The molecule has 2 N–H and O–H groups in total. The summed E-state index contributed by atoms with van der Waals surface area (Å²) >= 11 is 0. The first-order valence-electron chi connectivity index (χ1n) is 10.4. The molecule has 0 bridgehead atoms. The molecule has 0 saturated carbocycles. The Labute approximate surface area is 194 Å². The molecule has 0 atom stereocenters. The lowest BCUT2D eigenvalue weighted by Gasteiger charge is -2.19. The summed E-state index contributed by atoms with van der Waals surface area (Å²) in [4.78, 5) is 26.8. The van der Waals surface area contributed by atoms with E-state index in [2.05, 4.69) is 10.0 Å². The molecule has 172 valence electrons. The van der Waals surface area contributed by atoms with Gasteiger partial charge in [0.2, 0.25) is 5.91 Å². The number of hydrogen-bond acceptors (Lipinski definition) is 4. The second kappa shape index (κ2) is 9.87. The lowest BCUT2D eigenvalue weighted by molar-refractivity contribution is -0.116. The summed E-state index contributed by atoms with van der Waals surface area (Å²) in [6.07, 6.45) is 0. The van der Waals surface area contributed by atoms with Crippen LogP contribution in [-0.4, -0.2) is 38.7 Å². The van der Waals surface area contributed by atoms with Gasteiger partial charge in [-0.25, -0.2) is 8.42 Å². The molecule has 0 aliphatic carbocycles. The van der Waals surface area contributed by atoms with Crippen LogP contribution in [-0.2, 0) is 14.8 Å². The Morgan fingerprint density at radius 2 is 1.52 bits per heavy atom. The van der Waals surface area contributed by atoms with E-state index in [1.54, 1.807) is 36.4 Å². The highest BCUT2D eigenvalue weighted by atomic mass is 32.2. The fourth-order valence-electron chi connectivity index (χ4n) is 3.59. The van der Waals surface area contributed by atoms with Crippen molar-refractivity contribution < 1.29 is 18.0 Å². The van der Waals surface area contributed by atoms with Crippen LogP contribution in [0.4, 0.5) is 11.4 Å². The van der Waals surface area contributed by atoms with Gasteiger partial charge in [-0.3, -0.25) is 14.3 Å². The van der Waals surface area contributed by atoms with E-state index in [1.165, 1.54) is 30.1 Å². The van der Waals surface area contributed by atoms with Crippen molar-refractivity contribution in [1.82, 2.24) is 4.90 Å². The van der Waals surface area contributed by atoms with Gasteiger partial charge in [0.25, 0.3) is 15.9 Å². The summed E-state index contributed by atoms with van der Waals surface area (Å²) in [6.45, 7) is 5.69. The average Bonchev–Trinajstić information content (AvgIpc) is 2.76. The van der Waals surface area contributed by atoms with Crippen LogP contribution >= 0.6 is 0 Å². The number of aryl methyl sites for hydroxylation is 3. The first kappa shape index (κ1) is 24.0. The number of rotatable bonds is 7. The minimum Gasteiger partial charge on any atom is -0.332 e. The van der Waals surface area contributed by atoms with Crippen LogP contribution in [0.1, 0.15) is 27.0 Å². The van der Waals surface area contributed by atoms with Gasteiger partial charge in [0.1, 0.15) is 0 Å². The SMILES string of the molecule is Cc1cc(C)c(NC(=O)CN(C)C(=O)c2cccc(NS(=O)(=O)c3ccccc3)c2)c(C)c1. The Morgan fingerprint density at radius 3 is 2.15 bits per heavy atom. The van der Waals surface area contributed by atoms with Gasteiger partial charge in [-0.05, 0) is 62.2 Å². The van der Waals surface area contributed by atoms with Crippen LogP contribution in [0, 0.1) is 20.8 Å². The molecule has 0 aliphatic rings. The van der Waals surface area contributed by atoms with Crippen molar-refractivity contribution in [2.45, 2.75) is 25.7 Å². The normalized spacial score (nSPS) is 11.0. The lowest BCUT2D eigenvalue weighted by atomic mass is 10.1. The molecule has 0 aliphatic heterocycles. The number of hydrogen-bond donors (Lipinski definition) is 2. The second-order valence-corrected chi connectivity index (χ2v) is 9.66. The molecule has 0 saturated heterocycles. The van der Waals surface area contributed by atoms with Gasteiger partial charge in [0, 0.05) is 24.0 Å². The Kier molecular flexibility index (Phi) is 7.18. The molecule has 0 unspecified atom stereocenters. The zero-order valence-electron chi connectivity index (χ0n) is 19.0. The Bertz CT molecular complexity index is 1270. The van der Waals surface area contributed by atoms with Gasteiger partial charge in [-0.1, -0.05) is 42.0 Å². The van der Waals surface area contributed by atoms with E-state index < -0.39 is 15.9 Å². The standard InChI is InChI=1S/C25H27N3O4S/c1-17-13-18(2)24(19(3)14-17)26-23(29)16-28(4)25(30)20-9-8-10-21(15-20)27-33(31,32)22-11-6-5-7-12-22/h5-15,27H,16H2,1-4H3,(H,26,29). The molecule has 0 aromatic heterocycles. The van der Waals surface area contributed by atoms with Crippen molar-refractivity contribution in [2.24, 2.45) is 0 Å². The number of amides is 2. The number of carbonyl (C=O) groups excluding carboxylic acids is 2. The minimum atomic E-state index is -3.78. The van der Waals surface area contributed by atoms with E-state index in [0.717, 1.165) is 22.4 Å². The monoisotopic (exact) mass is 465 g/mol. The zero-order valence-corrected chi connectivity index (χ0v) is 19.9. The molecular formula is C25H27N3O4S. The zero-order chi connectivity index (χ0) is 24.2. The van der Waals surface area contributed by atoms with E-state index >= 15 is 0 Å². The third kappa shape index (κ3) is 5.98. The van der Waals surface area contributed by atoms with Crippen LogP contribution in [0.3, 0.4) is 0 Å². The molecule has 8 heteroatoms. The van der Waals surface area contributed by atoms with Gasteiger partial charge in [-0.15, -0.1) is 0 Å². The van der Waals surface area contributed by atoms with Gasteiger partial charge >= 0.3 is 0 Å². The molecule has 33 heavy (non-hydrogen) atoms. The van der Waals surface area contributed by atoms with E-state index in [1.807, 2.05) is 32.9 Å². The van der Waals surface area contributed by atoms with Crippen LogP contribution < -0.4 is 10.0 Å². The smallest absolute Gasteiger partial charge is 0.261 e. The minimum absolute atomic E-state index is 0.122. The third-order valence-corrected chi connectivity index (χ3v) is 6.48. The quantitative estimate of drug-likeness (QED) is 0.549. The summed E-state index contributed by atoms with van der Waals surface area (Å²) in [5.74, 6) is -0.718. The predicted molar refractivity (Wildman–Crippen MR) is 130 cm³/mol. The van der Waals surface area contributed by atoms with E-state index in [0.29, 0.717) is 0 Å². The molecule has 0 radical (unpaired) electrons. The van der Waals surface area contributed by atoms with Crippen molar-refractivity contribution in [3.63, 3.8) is 0 Å². The Hall–Kier alpha value is -3.65. The predicted octanol–water partition coefficient (Wildman–Crippen LogP) is 4.12. The number of nitrogens with zero attached hydrogens (tertiary/aromatic N) is 1. The number of likely N-dealkylation sites (N-methyl/N-ethyl adjacent to an activating group) is 1. The van der Waals surface area contributed by atoms with Crippen molar-refractivity contribution in [3.05, 3.63) is 89.0 Å². The largest absolute Gasteiger partial charge is 0.332 e. The summed E-state index contributed by atoms with van der Waals surface area (Å²) in [5.41, 5.74) is 4.28. The van der Waals surface area contributed by atoms with E-state index in [9.17, 15) is 18.0 Å². The highest BCUT2D eigenvalue weighted by Crippen LogP contribution is 2.22. The Balaban J connectivity index is 1.69. The number of sulfonamides is 1. The van der Waals surface area contributed by atoms with Crippen molar-refractivity contribution in [3.8, 4) is 0 Å². The van der Waals surface area contributed by atoms with Crippen molar-refractivity contribution >= 4 is 33.2 Å². The Morgan fingerprint density at radius 1 is 0.879 bits per heavy atom. The molecular weight excluding hydrogens is 438 g/mol. The lowest BCUT2D eigenvalue weighted by Crippen LogP contribution is -2.35. The maximum Gasteiger partial charge on any atom is 0.261 e. The third-order valence-electron chi connectivity index (χ3n) is 5.08. The van der Waals surface area contributed by atoms with Gasteiger partial charge in [-0.2, -0.15) is 0 Å². The fourth-order valence-corrected chi connectivity index (χ4v) is 4.66. The van der Waals surface area contributed by atoms with E-state index in [4.69, 9.17) is 0 Å². The molecule has 7 nitrogen and oxygen atoms in total. The summed E-state index contributed by atoms with van der Waals surface area (Å²) in [5, 5.41) is 2.88. The summed E-state index contributed by atoms with van der Waals surface area (Å²) in [7, 11) is -2.25. The summed E-state index contributed by atoms with van der Waals surface area (Å²) in [6, 6.07) is 18.1. The topological polar surface area (TPSA) is 95.6 Å². The highest BCUT2D eigenvalue weighted by Gasteiger charge is 2.18. The first-order valence-corrected chi connectivity index (χ1v) is 11.9. The maximum atomic E-state index is 12.9. The number of anilines is 2. The molecule has 0 fully saturated rings. The number of nitrogens with one attached hydrogen (secondary N) is 2. The van der Waals surface area contributed by atoms with Crippen LogP contribution in [0.5, 0.6) is 0 Å². The van der Waals surface area contributed by atoms with Crippen LogP contribution in [0.2, 0.25) is 0 Å². The van der Waals surface area contributed by atoms with Gasteiger partial charge in [0.15, 0.2) is 0 Å². The molecule has 2 amide bonds. The second-order valence-electron chi connectivity index (χ2n) is 7.98. The number of carbonyl (C=O) groups is 2. The molecule has 0 heterocycles. The molecule has 3 aromatic carbocycles. The van der Waals surface area contributed by atoms with Crippen molar-refractivity contribution in [1.29, 1.82) is 0 Å². The molecule has 0 spiro atoms. The first-order chi connectivity index (χ1) is 15.6. The molecule has 3 aromatic rings. The summed E-state index contributed by atoms with van der Waals surface area (Å²) < 4.78 is 27.6. The van der Waals surface area contributed by atoms with Gasteiger partial charge in [0.05, 0.1) is 11.4 Å². The fraction of sp³-hybridized carbons (Fsp3) is 0.200. The highest BCUT2D eigenvalue weighted by molar-refractivity contribution is 7.92. The van der Waals surface area contributed by atoms with Crippen LogP contribution in [0.15, 0.2) is 71.6 Å². The average molecular weight is 466 g/mol. The van der Waals surface area contributed by atoms with Crippen LogP contribution in [0.25, 0.3) is 0 Å². The van der Waals surface area contributed by atoms with Gasteiger partial charge < -0.3 is 10.2 Å². The number of benzene rings is 3. The van der Waals surface area contributed by atoms with Crippen molar-refractivity contribution in [2.75, 3.05) is 23.6 Å².